The van der Waals surface area contributed by atoms with Crippen LogP contribution in [0.2, 0.25) is 10.0 Å². The normalized spacial score (nSPS) is 16.1. The fraction of sp³-hybridized carbons (Fsp3) is 0.125. The number of anilines is 2. The summed E-state index contributed by atoms with van der Waals surface area (Å²) in [5.74, 6) is -1.21. The van der Waals surface area contributed by atoms with E-state index in [0.29, 0.717) is 15.7 Å². The van der Waals surface area contributed by atoms with Crippen molar-refractivity contribution in [3.8, 4) is 0 Å². The van der Waals surface area contributed by atoms with Crippen LogP contribution in [0.4, 0.5) is 11.4 Å². The second-order valence-corrected chi connectivity index (χ2v) is 8.11. The van der Waals surface area contributed by atoms with Gasteiger partial charge in [0.15, 0.2) is 0 Å². The molecular weight excluding hydrogens is 387 g/mol. The average Bonchev–Trinajstić information content (AvgIpc) is 2.84. The van der Waals surface area contributed by atoms with E-state index in [-0.39, 0.29) is 23.4 Å². The molecular formula is C16H12Cl2N2O4S. The predicted octanol–water partition coefficient (Wildman–Crippen LogP) is 3.31. The third kappa shape index (κ3) is 3.63. The molecule has 0 atom stereocenters. The lowest BCUT2D eigenvalue weighted by Crippen LogP contribution is -2.29. The van der Waals surface area contributed by atoms with Crippen molar-refractivity contribution in [2.45, 2.75) is 6.42 Å². The molecule has 1 fully saturated rings. The highest BCUT2D eigenvalue weighted by Crippen LogP contribution is 2.27. The summed E-state index contributed by atoms with van der Waals surface area (Å²) in [6.45, 7) is 0. The van der Waals surface area contributed by atoms with Crippen molar-refractivity contribution in [1.29, 1.82) is 0 Å². The monoisotopic (exact) mass is 398 g/mol. The van der Waals surface area contributed by atoms with E-state index >= 15 is 0 Å². The number of rotatable bonds is 3. The van der Waals surface area contributed by atoms with Crippen molar-refractivity contribution in [2.24, 2.45) is 0 Å². The maximum Gasteiger partial charge on any atom is 0.255 e. The highest BCUT2D eigenvalue weighted by atomic mass is 35.5. The van der Waals surface area contributed by atoms with Crippen LogP contribution < -0.4 is 9.62 Å². The number of nitrogens with one attached hydrogen (secondary N) is 1. The van der Waals surface area contributed by atoms with Gasteiger partial charge >= 0.3 is 0 Å². The van der Waals surface area contributed by atoms with Crippen LogP contribution in [0, 0.1) is 0 Å². The van der Waals surface area contributed by atoms with E-state index in [2.05, 4.69) is 5.32 Å². The van der Waals surface area contributed by atoms with Gasteiger partial charge in [-0.1, -0.05) is 29.3 Å². The maximum atomic E-state index is 12.4. The Morgan fingerprint density at radius 2 is 1.84 bits per heavy atom. The van der Waals surface area contributed by atoms with E-state index in [1.807, 2.05) is 0 Å². The molecule has 2 amide bonds. The minimum atomic E-state index is -3.68. The largest absolute Gasteiger partial charge is 0.322 e. The van der Waals surface area contributed by atoms with Crippen LogP contribution in [0.3, 0.4) is 0 Å². The zero-order valence-corrected chi connectivity index (χ0v) is 15.0. The number of hydrogen-bond donors (Lipinski definition) is 1. The van der Waals surface area contributed by atoms with Gasteiger partial charge in [-0.25, -0.2) is 12.7 Å². The topological polar surface area (TPSA) is 83.6 Å². The van der Waals surface area contributed by atoms with E-state index in [9.17, 15) is 18.0 Å². The van der Waals surface area contributed by atoms with Gasteiger partial charge in [0, 0.05) is 17.7 Å². The highest BCUT2D eigenvalue weighted by Gasteiger charge is 2.36. The van der Waals surface area contributed by atoms with E-state index in [1.54, 1.807) is 12.1 Å². The van der Waals surface area contributed by atoms with E-state index in [4.69, 9.17) is 23.2 Å². The zero-order valence-electron chi connectivity index (χ0n) is 12.7. The lowest BCUT2D eigenvalue weighted by atomic mass is 10.1. The van der Waals surface area contributed by atoms with Crippen molar-refractivity contribution >= 4 is 56.4 Å². The molecule has 25 heavy (non-hydrogen) atoms. The molecule has 0 spiro atoms. The highest BCUT2D eigenvalue weighted by molar-refractivity contribution is 7.94. The molecule has 0 bridgehead atoms. The number of benzene rings is 2. The minimum absolute atomic E-state index is 0.0674. The molecule has 3 rings (SSSR count). The summed E-state index contributed by atoms with van der Waals surface area (Å²) in [6, 6.07) is 10.5. The van der Waals surface area contributed by atoms with Crippen LogP contribution in [-0.2, 0) is 14.8 Å². The van der Waals surface area contributed by atoms with Crippen LogP contribution >= 0.6 is 23.2 Å². The molecule has 0 aromatic heterocycles. The minimum Gasteiger partial charge on any atom is -0.322 e. The van der Waals surface area contributed by atoms with E-state index in [0.717, 1.165) is 4.31 Å². The fourth-order valence-electron chi connectivity index (χ4n) is 2.42. The molecule has 2 aromatic carbocycles. The van der Waals surface area contributed by atoms with Gasteiger partial charge in [-0.15, -0.1) is 0 Å². The first-order valence-corrected chi connectivity index (χ1v) is 9.57. The molecule has 0 radical (unpaired) electrons. The van der Waals surface area contributed by atoms with Crippen molar-refractivity contribution in [3.05, 3.63) is 58.1 Å². The Morgan fingerprint density at radius 3 is 2.48 bits per heavy atom. The molecule has 0 saturated carbocycles. The summed E-state index contributed by atoms with van der Waals surface area (Å²) in [6.07, 6.45) is -0.0674. The van der Waals surface area contributed by atoms with Gasteiger partial charge in [-0.3, -0.25) is 9.59 Å². The van der Waals surface area contributed by atoms with Crippen molar-refractivity contribution in [2.75, 3.05) is 15.4 Å². The Labute approximate surface area is 154 Å². The number of carbonyl (C=O) groups is 2. The van der Waals surface area contributed by atoms with Crippen LogP contribution in [0.1, 0.15) is 16.8 Å². The number of nitrogens with zero attached hydrogens (tertiary/aromatic N) is 1. The lowest BCUT2D eigenvalue weighted by molar-refractivity contribution is -0.116. The molecule has 1 saturated heterocycles. The van der Waals surface area contributed by atoms with Gasteiger partial charge < -0.3 is 5.32 Å². The Morgan fingerprint density at radius 1 is 1.08 bits per heavy atom. The fourth-order valence-corrected chi connectivity index (χ4v) is 4.17. The molecule has 1 heterocycles. The molecule has 1 N–H and O–H groups in total. The predicted molar refractivity (Wildman–Crippen MR) is 96.7 cm³/mol. The summed E-state index contributed by atoms with van der Waals surface area (Å²) < 4.78 is 24.7. The quantitative estimate of drug-likeness (QED) is 0.859. The molecule has 130 valence electrons. The second kappa shape index (κ2) is 6.67. The van der Waals surface area contributed by atoms with Gasteiger partial charge in [-0.2, -0.15) is 0 Å². The summed E-state index contributed by atoms with van der Waals surface area (Å²) in [5.41, 5.74) is 0.789. The third-order valence-electron chi connectivity index (χ3n) is 3.60. The van der Waals surface area contributed by atoms with Gasteiger partial charge in [0.2, 0.25) is 15.9 Å². The van der Waals surface area contributed by atoms with E-state index in [1.165, 1.54) is 30.3 Å². The number of amides is 2. The van der Waals surface area contributed by atoms with Gasteiger partial charge in [0.05, 0.1) is 21.5 Å². The van der Waals surface area contributed by atoms with Crippen LogP contribution in [0.15, 0.2) is 42.5 Å². The lowest BCUT2D eigenvalue weighted by Gasteiger charge is -2.15. The standard InChI is InChI=1S/C16H12Cl2N2O4S/c17-13-5-4-11(9-14(13)18)19-16(22)10-2-1-3-12(8-10)20-15(21)6-7-25(20,23)24/h1-5,8-9H,6-7H2,(H,19,22). The van der Waals surface area contributed by atoms with Crippen molar-refractivity contribution in [1.82, 2.24) is 0 Å². The third-order valence-corrected chi connectivity index (χ3v) is 6.03. The molecule has 1 aliphatic rings. The Kier molecular flexibility index (Phi) is 4.73. The van der Waals surface area contributed by atoms with Gasteiger partial charge in [-0.05, 0) is 36.4 Å². The first kappa shape index (κ1) is 17.7. The van der Waals surface area contributed by atoms with Gasteiger partial charge in [0.1, 0.15) is 0 Å². The smallest absolute Gasteiger partial charge is 0.255 e. The van der Waals surface area contributed by atoms with Gasteiger partial charge in [0.25, 0.3) is 5.91 Å². The number of hydrogen-bond acceptors (Lipinski definition) is 4. The molecule has 0 aliphatic carbocycles. The molecule has 1 aliphatic heterocycles. The molecule has 9 heteroatoms. The van der Waals surface area contributed by atoms with Crippen molar-refractivity contribution < 1.29 is 18.0 Å². The molecule has 2 aromatic rings. The van der Waals surface area contributed by atoms with E-state index < -0.39 is 21.8 Å². The Hall–Kier alpha value is -2.09. The van der Waals surface area contributed by atoms with Crippen LogP contribution in [-0.4, -0.2) is 26.0 Å². The maximum absolute atomic E-state index is 12.4. The van der Waals surface area contributed by atoms with Crippen LogP contribution in [0.25, 0.3) is 0 Å². The first-order valence-electron chi connectivity index (χ1n) is 7.20. The summed E-state index contributed by atoms with van der Waals surface area (Å²) in [7, 11) is -3.68. The average molecular weight is 399 g/mol. The molecule has 6 nitrogen and oxygen atoms in total. The molecule has 0 unspecified atom stereocenters. The number of sulfonamides is 1. The SMILES string of the molecule is O=C(Nc1ccc(Cl)c(Cl)c1)c1cccc(N2C(=O)CCS2(=O)=O)c1. The number of halogens is 2. The first-order chi connectivity index (χ1) is 11.8. The number of carbonyl (C=O) groups excluding carboxylic acids is 2. The second-order valence-electron chi connectivity index (χ2n) is 5.36. The Bertz CT molecular complexity index is 976. The summed E-state index contributed by atoms with van der Waals surface area (Å²) in [4.78, 5) is 24.2. The Balaban J connectivity index is 1.87. The van der Waals surface area contributed by atoms with Crippen molar-refractivity contribution in [3.63, 3.8) is 0 Å². The summed E-state index contributed by atoms with van der Waals surface area (Å²) >= 11 is 11.7. The van der Waals surface area contributed by atoms with Crippen LogP contribution in [0.5, 0.6) is 0 Å². The zero-order chi connectivity index (χ0) is 18.2. The summed E-state index contributed by atoms with van der Waals surface area (Å²) in [5, 5.41) is 3.30.